The number of carbonyl (C=O) groups excluding carboxylic acids is 1. The maximum Gasteiger partial charge on any atom is 0.266 e. The summed E-state index contributed by atoms with van der Waals surface area (Å²) >= 11 is 3.83. The minimum absolute atomic E-state index is 0.0222. The molecular formula is C19H18IN3O2S. The third kappa shape index (κ3) is 5.25. The maximum absolute atomic E-state index is 12.0. The molecule has 0 aliphatic carbocycles. The van der Waals surface area contributed by atoms with E-state index in [1.165, 1.54) is 14.3 Å². The largest absolute Gasteiger partial charge is 0.352 e. The third-order valence-electron chi connectivity index (χ3n) is 3.82. The van der Waals surface area contributed by atoms with Crippen molar-refractivity contribution in [2.75, 3.05) is 0 Å². The number of hydrogen-bond donors (Lipinski definition) is 1. The number of nitrogens with zero attached hydrogens (tertiary/aromatic N) is 2. The molecule has 0 saturated carbocycles. The van der Waals surface area contributed by atoms with E-state index >= 15 is 0 Å². The molecule has 0 saturated heterocycles. The number of nitrogens with one attached hydrogen (secondary N) is 1. The first-order chi connectivity index (χ1) is 12.6. The topological polar surface area (TPSA) is 64.0 Å². The van der Waals surface area contributed by atoms with Crippen molar-refractivity contribution >= 4 is 39.8 Å². The van der Waals surface area contributed by atoms with Gasteiger partial charge in [0, 0.05) is 29.1 Å². The lowest BCUT2D eigenvalue weighted by Crippen LogP contribution is -2.25. The SMILES string of the molecule is O=C(CCCn1nc(-c2cccs2)ccc1=O)NCc1ccc(I)cc1. The van der Waals surface area contributed by atoms with Crippen LogP contribution in [0, 0.1) is 3.57 Å². The van der Waals surface area contributed by atoms with Crippen molar-refractivity contribution < 1.29 is 4.79 Å². The molecule has 0 unspecified atom stereocenters. The van der Waals surface area contributed by atoms with E-state index in [-0.39, 0.29) is 11.5 Å². The van der Waals surface area contributed by atoms with Crippen LogP contribution in [0.2, 0.25) is 0 Å². The van der Waals surface area contributed by atoms with Gasteiger partial charge in [-0.3, -0.25) is 9.59 Å². The van der Waals surface area contributed by atoms with Gasteiger partial charge in [-0.25, -0.2) is 4.68 Å². The standard InChI is InChI=1S/C19H18IN3O2S/c20-15-7-5-14(6-8-15)13-21-18(24)4-1-11-23-19(25)10-9-16(22-23)17-3-2-12-26-17/h2-3,5-10,12H,1,4,11,13H2,(H,21,24). The molecule has 26 heavy (non-hydrogen) atoms. The quantitative estimate of drug-likeness (QED) is 0.526. The zero-order valence-electron chi connectivity index (χ0n) is 14.0. The van der Waals surface area contributed by atoms with Crippen LogP contribution in [0.4, 0.5) is 0 Å². The molecule has 2 heterocycles. The van der Waals surface area contributed by atoms with Gasteiger partial charge in [-0.1, -0.05) is 18.2 Å². The van der Waals surface area contributed by atoms with Crippen LogP contribution < -0.4 is 10.9 Å². The molecule has 5 nitrogen and oxygen atoms in total. The molecule has 0 aliphatic rings. The zero-order valence-corrected chi connectivity index (χ0v) is 17.0. The predicted octanol–water partition coefficient (Wildman–Crippen LogP) is 3.67. The van der Waals surface area contributed by atoms with Gasteiger partial charge in [-0.05, 0) is 64.2 Å². The van der Waals surface area contributed by atoms with Crippen LogP contribution in [0.5, 0.6) is 0 Å². The molecule has 0 bridgehead atoms. The summed E-state index contributed by atoms with van der Waals surface area (Å²) < 4.78 is 2.60. The van der Waals surface area contributed by atoms with E-state index in [1.807, 2.05) is 41.8 Å². The highest BCUT2D eigenvalue weighted by Crippen LogP contribution is 2.21. The van der Waals surface area contributed by atoms with Gasteiger partial charge in [0.2, 0.25) is 5.91 Å². The zero-order chi connectivity index (χ0) is 18.4. The van der Waals surface area contributed by atoms with Gasteiger partial charge in [0.15, 0.2) is 0 Å². The number of halogens is 1. The normalized spacial score (nSPS) is 10.7. The molecule has 3 aromatic rings. The minimum Gasteiger partial charge on any atom is -0.352 e. The summed E-state index contributed by atoms with van der Waals surface area (Å²) in [4.78, 5) is 25.0. The van der Waals surface area contributed by atoms with Crippen molar-refractivity contribution in [3.8, 4) is 10.6 Å². The predicted molar refractivity (Wildman–Crippen MR) is 112 cm³/mol. The Labute approximate surface area is 169 Å². The van der Waals surface area contributed by atoms with Crippen molar-refractivity contribution in [1.29, 1.82) is 0 Å². The van der Waals surface area contributed by atoms with Crippen molar-refractivity contribution in [2.45, 2.75) is 25.9 Å². The summed E-state index contributed by atoms with van der Waals surface area (Å²) in [5, 5.41) is 9.28. The molecule has 0 radical (unpaired) electrons. The fourth-order valence-electron chi connectivity index (χ4n) is 2.45. The van der Waals surface area contributed by atoms with E-state index in [1.54, 1.807) is 17.4 Å². The summed E-state index contributed by atoms with van der Waals surface area (Å²) in [5.41, 5.74) is 1.70. The first kappa shape index (κ1) is 18.8. The van der Waals surface area contributed by atoms with Crippen molar-refractivity contribution in [3.63, 3.8) is 0 Å². The number of thiophene rings is 1. The van der Waals surface area contributed by atoms with E-state index in [2.05, 4.69) is 33.0 Å². The third-order valence-corrected chi connectivity index (χ3v) is 5.43. The molecule has 3 rings (SSSR count). The number of aromatic nitrogens is 2. The Morgan fingerprint density at radius 3 is 2.69 bits per heavy atom. The lowest BCUT2D eigenvalue weighted by atomic mass is 10.2. The molecule has 0 spiro atoms. The Bertz CT molecular complexity index is 921. The first-order valence-corrected chi connectivity index (χ1v) is 10.2. The summed E-state index contributed by atoms with van der Waals surface area (Å²) in [6.45, 7) is 0.941. The molecule has 0 fully saturated rings. The van der Waals surface area contributed by atoms with E-state index in [0.29, 0.717) is 25.9 Å². The van der Waals surface area contributed by atoms with Gasteiger partial charge in [-0.15, -0.1) is 11.3 Å². The molecule has 2 aromatic heterocycles. The Morgan fingerprint density at radius 2 is 1.96 bits per heavy atom. The Kier molecular flexibility index (Phi) is 6.56. The van der Waals surface area contributed by atoms with Crippen LogP contribution in [0.3, 0.4) is 0 Å². The smallest absolute Gasteiger partial charge is 0.266 e. The lowest BCUT2D eigenvalue weighted by Gasteiger charge is -2.07. The molecule has 0 aliphatic heterocycles. The Hall–Kier alpha value is -2.00. The number of carbonyl (C=O) groups is 1. The monoisotopic (exact) mass is 479 g/mol. The summed E-state index contributed by atoms with van der Waals surface area (Å²) in [5.74, 6) is -0.0222. The van der Waals surface area contributed by atoms with Crippen molar-refractivity contribution in [3.05, 3.63) is 73.4 Å². The van der Waals surface area contributed by atoms with Gasteiger partial charge in [-0.2, -0.15) is 5.10 Å². The van der Waals surface area contributed by atoms with Crippen molar-refractivity contribution in [2.24, 2.45) is 0 Å². The summed E-state index contributed by atoms with van der Waals surface area (Å²) in [6.07, 6.45) is 0.932. The highest BCUT2D eigenvalue weighted by Gasteiger charge is 2.06. The molecule has 134 valence electrons. The van der Waals surface area contributed by atoms with Gasteiger partial charge in [0.1, 0.15) is 5.69 Å². The number of rotatable bonds is 7. The minimum atomic E-state index is -0.149. The van der Waals surface area contributed by atoms with Crippen molar-refractivity contribution in [1.82, 2.24) is 15.1 Å². The molecule has 1 aromatic carbocycles. The average molecular weight is 479 g/mol. The van der Waals surface area contributed by atoms with Crippen LogP contribution in [0.15, 0.2) is 58.7 Å². The lowest BCUT2D eigenvalue weighted by molar-refractivity contribution is -0.121. The first-order valence-electron chi connectivity index (χ1n) is 8.25. The van der Waals surface area contributed by atoms with Gasteiger partial charge < -0.3 is 5.32 Å². The average Bonchev–Trinajstić information content (AvgIpc) is 3.17. The maximum atomic E-state index is 12.0. The van der Waals surface area contributed by atoms with Crippen LogP contribution in [0.1, 0.15) is 18.4 Å². The van der Waals surface area contributed by atoms with Gasteiger partial charge in [0.05, 0.1) is 4.88 Å². The fourth-order valence-corrected chi connectivity index (χ4v) is 3.50. The number of hydrogen-bond acceptors (Lipinski definition) is 4. The highest BCUT2D eigenvalue weighted by atomic mass is 127. The van der Waals surface area contributed by atoms with E-state index < -0.39 is 0 Å². The van der Waals surface area contributed by atoms with E-state index in [9.17, 15) is 9.59 Å². The van der Waals surface area contributed by atoms with Gasteiger partial charge in [0.25, 0.3) is 5.56 Å². The summed E-state index contributed by atoms with van der Waals surface area (Å²) in [6, 6.07) is 15.2. The Morgan fingerprint density at radius 1 is 1.15 bits per heavy atom. The van der Waals surface area contributed by atoms with Crippen LogP contribution in [-0.4, -0.2) is 15.7 Å². The molecule has 1 amide bonds. The van der Waals surface area contributed by atoms with Crippen LogP contribution >= 0.6 is 33.9 Å². The molecule has 7 heteroatoms. The van der Waals surface area contributed by atoms with Crippen LogP contribution in [-0.2, 0) is 17.9 Å². The Balaban J connectivity index is 1.49. The molecular weight excluding hydrogens is 461 g/mol. The fraction of sp³-hybridized carbons (Fsp3) is 0.211. The number of amides is 1. The van der Waals surface area contributed by atoms with E-state index in [4.69, 9.17) is 0 Å². The second kappa shape index (κ2) is 9.09. The van der Waals surface area contributed by atoms with Crippen LogP contribution in [0.25, 0.3) is 10.6 Å². The van der Waals surface area contributed by atoms with Gasteiger partial charge >= 0.3 is 0 Å². The molecule has 0 atom stereocenters. The number of benzene rings is 1. The summed E-state index contributed by atoms with van der Waals surface area (Å²) in [7, 11) is 0. The second-order valence-corrected chi connectivity index (χ2v) is 7.96. The highest BCUT2D eigenvalue weighted by molar-refractivity contribution is 14.1. The molecule has 1 N–H and O–H groups in total. The second-order valence-electron chi connectivity index (χ2n) is 5.76. The van der Waals surface area contributed by atoms with E-state index in [0.717, 1.165) is 16.1 Å². The number of aryl methyl sites for hydroxylation is 1.